The fraction of sp³-hybridized carbons (Fsp3) is 0.250. The van der Waals surface area contributed by atoms with E-state index in [9.17, 15) is 4.79 Å². The van der Waals surface area contributed by atoms with E-state index in [1.54, 1.807) is 6.07 Å². The molecule has 0 spiro atoms. The van der Waals surface area contributed by atoms with Gasteiger partial charge in [-0.05, 0) is 22.0 Å². The molecule has 15 heavy (non-hydrogen) atoms. The first kappa shape index (κ1) is 12.1. The maximum atomic E-state index is 10.4. The molecule has 5 nitrogen and oxygen atoms in total. The Morgan fingerprint density at radius 3 is 2.93 bits per heavy atom. The van der Waals surface area contributed by atoms with E-state index in [-0.39, 0.29) is 0 Å². The molecule has 7 heteroatoms. The summed E-state index contributed by atoms with van der Waals surface area (Å²) in [5, 5.41) is 6.02. The highest BCUT2D eigenvalue weighted by atomic mass is 79.9. The number of aromatic nitrogens is 1. The Hall–Kier alpha value is -1.01. The van der Waals surface area contributed by atoms with Gasteiger partial charge in [0.05, 0.1) is 9.50 Å². The van der Waals surface area contributed by atoms with Crippen molar-refractivity contribution in [3.05, 3.63) is 21.8 Å². The quantitative estimate of drug-likeness (QED) is 0.737. The van der Waals surface area contributed by atoms with E-state index in [0.29, 0.717) is 23.9 Å². The van der Waals surface area contributed by atoms with Crippen molar-refractivity contribution in [3.63, 3.8) is 0 Å². The van der Waals surface area contributed by atoms with E-state index in [2.05, 4.69) is 31.5 Å². The SMILES string of the molecule is NC(=O)NCCNc1ncc(Cl)cc1Br. The normalized spacial score (nSPS) is 9.73. The third kappa shape index (κ3) is 4.35. The average molecular weight is 294 g/mol. The maximum Gasteiger partial charge on any atom is 0.312 e. The van der Waals surface area contributed by atoms with Gasteiger partial charge in [0.15, 0.2) is 0 Å². The van der Waals surface area contributed by atoms with Crippen LogP contribution in [0.1, 0.15) is 0 Å². The summed E-state index contributed by atoms with van der Waals surface area (Å²) in [6.07, 6.45) is 1.54. The number of primary amides is 1. The van der Waals surface area contributed by atoms with Crippen LogP contribution in [0.2, 0.25) is 5.02 Å². The number of rotatable bonds is 4. The minimum absolute atomic E-state index is 0.437. The summed E-state index contributed by atoms with van der Waals surface area (Å²) in [6, 6.07) is 1.19. The lowest BCUT2D eigenvalue weighted by Crippen LogP contribution is -2.33. The van der Waals surface area contributed by atoms with Gasteiger partial charge in [-0.25, -0.2) is 9.78 Å². The number of pyridine rings is 1. The molecular formula is C8H10BrClN4O. The van der Waals surface area contributed by atoms with Gasteiger partial charge < -0.3 is 16.4 Å². The van der Waals surface area contributed by atoms with Crippen LogP contribution in [0.15, 0.2) is 16.7 Å². The molecule has 82 valence electrons. The number of hydrogen-bond acceptors (Lipinski definition) is 3. The molecule has 0 fully saturated rings. The number of hydrogen-bond donors (Lipinski definition) is 3. The fourth-order valence-electron chi connectivity index (χ4n) is 0.911. The largest absolute Gasteiger partial charge is 0.367 e. The third-order valence-corrected chi connectivity index (χ3v) is 2.34. The summed E-state index contributed by atoms with van der Waals surface area (Å²) in [5.74, 6) is 0.672. The number of nitrogens with two attached hydrogens (primary N) is 1. The van der Waals surface area contributed by atoms with Crippen LogP contribution in [0.3, 0.4) is 0 Å². The average Bonchev–Trinajstić information content (AvgIpc) is 2.14. The summed E-state index contributed by atoms with van der Waals surface area (Å²) >= 11 is 9.03. The molecule has 4 N–H and O–H groups in total. The topological polar surface area (TPSA) is 80.0 Å². The molecule has 0 aromatic carbocycles. The lowest BCUT2D eigenvalue weighted by Gasteiger charge is -2.07. The van der Waals surface area contributed by atoms with Crippen molar-refractivity contribution in [2.45, 2.75) is 0 Å². The molecule has 0 atom stereocenters. The Morgan fingerprint density at radius 2 is 2.33 bits per heavy atom. The van der Waals surface area contributed by atoms with Gasteiger partial charge >= 0.3 is 6.03 Å². The first-order valence-corrected chi connectivity index (χ1v) is 5.35. The number of urea groups is 1. The molecule has 1 aromatic heterocycles. The number of halogens is 2. The molecule has 0 radical (unpaired) electrons. The summed E-state index contributed by atoms with van der Waals surface area (Å²) in [4.78, 5) is 14.4. The molecule has 1 rings (SSSR count). The van der Waals surface area contributed by atoms with Crippen molar-refractivity contribution < 1.29 is 4.79 Å². The Kier molecular flexibility index (Phi) is 4.64. The summed E-state index contributed by atoms with van der Waals surface area (Å²) < 4.78 is 0.772. The van der Waals surface area contributed by atoms with Gasteiger partial charge in [-0.3, -0.25) is 0 Å². The Balaban J connectivity index is 2.40. The molecule has 0 aliphatic heterocycles. The molecule has 2 amide bonds. The first-order chi connectivity index (χ1) is 7.09. The van der Waals surface area contributed by atoms with Crippen LogP contribution >= 0.6 is 27.5 Å². The van der Waals surface area contributed by atoms with Crippen LogP contribution in [0.5, 0.6) is 0 Å². The third-order valence-electron chi connectivity index (χ3n) is 1.52. The van der Waals surface area contributed by atoms with Crippen molar-refractivity contribution in [1.82, 2.24) is 10.3 Å². The number of nitrogens with zero attached hydrogens (tertiary/aromatic N) is 1. The molecule has 0 unspecified atom stereocenters. The minimum atomic E-state index is -0.542. The van der Waals surface area contributed by atoms with Crippen LogP contribution in [0.25, 0.3) is 0 Å². The smallest absolute Gasteiger partial charge is 0.312 e. The van der Waals surface area contributed by atoms with E-state index < -0.39 is 6.03 Å². The van der Waals surface area contributed by atoms with Gasteiger partial charge in [0.25, 0.3) is 0 Å². The number of carbonyl (C=O) groups excluding carboxylic acids is 1. The zero-order valence-corrected chi connectivity index (χ0v) is 10.1. The van der Waals surface area contributed by atoms with Gasteiger partial charge in [-0.15, -0.1) is 0 Å². The number of nitrogens with one attached hydrogen (secondary N) is 2. The van der Waals surface area contributed by atoms with Crippen LogP contribution in [0.4, 0.5) is 10.6 Å². The number of anilines is 1. The summed E-state index contributed by atoms with van der Waals surface area (Å²) in [5.41, 5.74) is 4.90. The highest BCUT2D eigenvalue weighted by Gasteiger charge is 2.01. The predicted molar refractivity (Wildman–Crippen MR) is 63.0 cm³/mol. The Morgan fingerprint density at radius 1 is 1.60 bits per heavy atom. The van der Waals surface area contributed by atoms with Gasteiger partial charge in [0.2, 0.25) is 0 Å². The zero-order valence-electron chi connectivity index (χ0n) is 7.76. The molecular weight excluding hydrogens is 283 g/mol. The van der Waals surface area contributed by atoms with E-state index in [1.807, 2.05) is 0 Å². The van der Waals surface area contributed by atoms with E-state index in [1.165, 1.54) is 6.20 Å². The molecule has 0 bridgehead atoms. The maximum absolute atomic E-state index is 10.4. The predicted octanol–water partition coefficient (Wildman–Crippen LogP) is 1.58. The van der Waals surface area contributed by atoms with Crippen molar-refractivity contribution in [3.8, 4) is 0 Å². The van der Waals surface area contributed by atoms with Gasteiger partial charge in [-0.1, -0.05) is 11.6 Å². The van der Waals surface area contributed by atoms with Crippen molar-refractivity contribution >= 4 is 39.4 Å². The van der Waals surface area contributed by atoms with Gasteiger partial charge in [0, 0.05) is 19.3 Å². The Bertz CT molecular complexity index is 360. The second kappa shape index (κ2) is 5.77. The molecule has 0 saturated heterocycles. The fourth-order valence-corrected chi connectivity index (χ4v) is 1.69. The van der Waals surface area contributed by atoms with E-state index >= 15 is 0 Å². The van der Waals surface area contributed by atoms with E-state index in [0.717, 1.165) is 4.47 Å². The first-order valence-electron chi connectivity index (χ1n) is 4.18. The van der Waals surface area contributed by atoms with Crippen LogP contribution < -0.4 is 16.4 Å². The highest BCUT2D eigenvalue weighted by molar-refractivity contribution is 9.10. The Labute approximate surface area is 101 Å². The van der Waals surface area contributed by atoms with Crippen LogP contribution in [-0.4, -0.2) is 24.1 Å². The summed E-state index contributed by atoms with van der Waals surface area (Å²) in [6.45, 7) is 0.974. The second-order valence-corrected chi connectivity index (χ2v) is 3.99. The van der Waals surface area contributed by atoms with Gasteiger partial charge in [0.1, 0.15) is 5.82 Å². The molecule has 0 aliphatic carbocycles. The van der Waals surface area contributed by atoms with Crippen molar-refractivity contribution in [2.24, 2.45) is 5.73 Å². The standard InChI is InChI=1S/C8H10BrClN4O/c9-6-3-5(10)4-14-7(6)12-1-2-13-8(11)15/h3-4H,1-2H2,(H,12,14)(H3,11,13,15). The lowest BCUT2D eigenvalue weighted by atomic mass is 10.4. The monoisotopic (exact) mass is 292 g/mol. The molecule has 1 aromatic rings. The highest BCUT2D eigenvalue weighted by Crippen LogP contribution is 2.22. The minimum Gasteiger partial charge on any atom is -0.367 e. The lowest BCUT2D eigenvalue weighted by molar-refractivity contribution is 0.249. The molecule has 0 saturated carbocycles. The van der Waals surface area contributed by atoms with E-state index in [4.69, 9.17) is 17.3 Å². The number of carbonyl (C=O) groups is 1. The second-order valence-electron chi connectivity index (χ2n) is 2.70. The van der Waals surface area contributed by atoms with Crippen LogP contribution in [0, 0.1) is 0 Å². The van der Waals surface area contributed by atoms with Crippen LogP contribution in [-0.2, 0) is 0 Å². The molecule has 1 heterocycles. The zero-order chi connectivity index (χ0) is 11.3. The summed E-state index contributed by atoms with van der Waals surface area (Å²) in [7, 11) is 0. The van der Waals surface area contributed by atoms with Crippen molar-refractivity contribution in [1.29, 1.82) is 0 Å². The molecule has 0 aliphatic rings. The van der Waals surface area contributed by atoms with Crippen molar-refractivity contribution in [2.75, 3.05) is 18.4 Å². The number of amides is 2. The van der Waals surface area contributed by atoms with Gasteiger partial charge in [-0.2, -0.15) is 0 Å².